The fourth-order valence-electron chi connectivity index (χ4n) is 2.95. The number of fused-ring (bicyclic) bond motifs is 1. The summed E-state index contributed by atoms with van der Waals surface area (Å²) >= 11 is 0. The maximum atomic E-state index is 10.2. The van der Waals surface area contributed by atoms with Gasteiger partial charge in [0.2, 0.25) is 0 Å². The van der Waals surface area contributed by atoms with E-state index in [1.165, 1.54) is 11.3 Å². The first kappa shape index (κ1) is 11.1. The van der Waals surface area contributed by atoms with Gasteiger partial charge in [0.25, 0.3) is 0 Å². The minimum atomic E-state index is -0.295. The highest BCUT2D eigenvalue weighted by molar-refractivity contribution is 5.54. The summed E-state index contributed by atoms with van der Waals surface area (Å²) < 4.78 is 5.52. The van der Waals surface area contributed by atoms with E-state index in [0.717, 1.165) is 32.5 Å². The molecule has 3 rings (SSSR count). The molecule has 2 aliphatic heterocycles. The molecule has 3 atom stereocenters. The van der Waals surface area contributed by atoms with Gasteiger partial charge < -0.3 is 15.2 Å². The lowest BCUT2D eigenvalue weighted by molar-refractivity contribution is 0.0198. The Kier molecular flexibility index (Phi) is 3.04. The van der Waals surface area contributed by atoms with Gasteiger partial charge in [0.15, 0.2) is 0 Å². The molecule has 0 amide bonds. The Morgan fingerprint density at radius 3 is 3.00 bits per heavy atom. The zero-order chi connectivity index (χ0) is 11.7. The molecule has 17 heavy (non-hydrogen) atoms. The van der Waals surface area contributed by atoms with Crippen molar-refractivity contribution in [3.63, 3.8) is 0 Å². The van der Waals surface area contributed by atoms with Crippen LogP contribution in [0.4, 0.5) is 5.69 Å². The molecule has 1 fully saturated rings. The van der Waals surface area contributed by atoms with Gasteiger partial charge >= 0.3 is 0 Å². The number of benzene rings is 1. The second-order valence-corrected chi connectivity index (χ2v) is 5.08. The van der Waals surface area contributed by atoms with Gasteiger partial charge in [0.1, 0.15) is 0 Å². The number of nitrogens with one attached hydrogen (secondary N) is 1. The minimum absolute atomic E-state index is 0.144. The Balaban J connectivity index is 1.79. The molecule has 0 saturated carbocycles. The van der Waals surface area contributed by atoms with E-state index in [2.05, 4.69) is 17.4 Å². The van der Waals surface area contributed by atoms with Crippen molar-refractivity contribution in [1.82, 2.24) is 0 Å². The Hall–Kier alpha value is -1.06. The van der Waals surface area contributed by atoms with Gasteiger partial charge in [-0.3, -0.25) is 0 Å². The summed E-state index contributed by atoms with van der Waals surface area (Å²) in [6, 6.07) is 8.39. The fraction of sp³-hybridized carbons (Fsp3) is 0.571. The van der Waals surface area contributed by atoms with E-state index in [-0.39, 0.29) is 12.1 Å². The monoisotopic (exact) mass is 233 g/mol. The highest BCUT2D eigenvalue weighted by Gasteiger charge is 2.33. The highest BCUT2D eigenvalue weighted by Crippen LogP contribution is 2.30. The number of aliphatic hydroxyl groups is 1. The molecule has 92 valence electrons. The lowest BCUT2D eigenvalue weighted by atomic mass is 9.84. The van der Waals surface area contributed by atoms with Crippen LogP contribution in [-0.2, 0) is 11.2 Å². The van der Waals surface area contributed by atoms with E-state index in [0.29, 0.717) is 5.92 Å². The van der Waals surface area contributed by atoms with Gasteiger partial charge in [-0.15, -0.1) is 0 Å². The predicted octanol–water partition coefficient (Wildman–Crippen LogP) is 1.81. The number of hydrogen-bond donors (Lipinski definition) is 2. The number of para-hydroxylation sites is 1. The molecule has 2 N–H and O–H groups in total. The molecule has 1 aromatic carbocycles. The minimum Gasteiger partial charge on any atom is -0.391 e. The molecule has 0 aromatic heterocycles. The SMILES string of the molecule is OC1Cc2ccccc2NC1C1CCCOC1. The molecule has 3 unspecified atom stereocenters. The summed E-state index contributed by atoms with van der Waals surface area (Å²) in [5.41, 5.74) is 2.39. The van der Waals surface area contributed by atoms with Crippen molar-refractivity contribution in [2.75, 3.05) is 18.5 Å². The number of anilines is 1. The van der Waals surface area contributed by atoms with Gasteiger partial charge in [-0.1, -0.05) is 18.2 Å². The van der Waals surface area contributed by atoms with E-state index in [1.807, 2.05) is 12.1 Å². The molecule has 2 heterocycles. The normalized spacial score (nSPS) is 32.6. The summed E-state index contributed by atoms with van der Waals surface area (Å²) in [4.78, 5) is 0. The quantitative estimate of drug-likeness (QED) is 0.777. The topological polar surface area (TPSA) is 41.5 Å². The lowest BCUT2D eigenvalue weighted by Gasteiger charge is -2.38. The van der Waals surface area contributed by atoms with Crippen LogP contribution < -0.4 is 5.32 Å². The Bertz CT molecular complexity index is 388. The number of ether oxygens (including phenoxy) is 1. The third-order valence-electron chi connectivity index (χ3n) is 3.89. The smallest absolute Gasteiger partial charge is 0.0785 e. The Morgan fingerprint density at radius 1 is 1.29 bits per heavy atom. The molecule has 0 bridgehead atoms. The van der Waals surface area contributed by atoms with Crippen LogP contribution in [0.25, 0.3) is 0 Å². The molecule has 1 aromatic rings. The van der Waals surface area contributed by atoms with Gasteiger partial charge in [-0.2, -0.15) is 0 Å². The van der Waals surface area contributed by atoms with Gasteiger partial charge in [-0.05, 0) is 24.5 Å². The molecule has 2 aliphatic rings. The van der Waals surface area contributed by atoms with E-state index < -0.39 is 0 Å². The molecule has 3 nitrogen and oxygen atoms in total. The van der Waals surface area contributed by atoms with E-state index in [1.54, 1.807) is 0 Å². The molecular weight excluding hydrogens is 214 g/mol. The second-order valence-electron chi connectivity index (χ2n) is 5.08. The zero-order valence-electron chi connectivity index (χ0n) is 9.93. The van der Waals surface area contributed by atoms with Crippen molar-refractivity contribution < 1.29 is 9.84 Å². The maximum Gasteiger partial charge on any atom is 0.0785 e. The first-order chi connectivity index (χ1) is 8.34. The Labute approximate surface area is 102 Å². The first-order valence-corrected chi connectivity index (χ1v) is 6.45. The largest absolute Gasteiger partial charge is 0.391 e. The van der Waals surface area contributed by atoms with Crippen molar-refractivity contribution in [1.29, 1.82) is 0 Å². The van der Waals surface area contributed by atoms with Crippen LogP contribution in [0.3, 0.4) is 0 Å². The molecule has 0 spiro atoms. The standard InChI is InChI=1S/C14H19NO2/c16-13-8-10-4-1-2-6-12(10)15-14(13)11-5-3-7-17-9-11/h1-2,4,6,11,13-16H,3,5,7-9H2. The number of hydrogen-bond acceptors (Lipinski definition) is 3. The van der Waals surface area contributed by atoms with Crippen LogP contribution in [0.5, 0.6) is 0 Å². The summed E-state index contributed by atoms with van der Waals surface area (Å²) in [5, 5.41) is 13.7. The summed E-state index contributed by atoms with van der Waals surface area (Å²) in [6.07, 6.45) is 2.72. The third kappa shape index (κ3) is 2.17. The van der Waals surface area contributed by atoms with Crippen LogP contribution in [0.15, 0.2) is 24.3 Å². The molecule has 0 aliphatic carbocycles. The van der Waals surface area contributed by atoms with E-state index in [4.69, 9.17) is 4.74 Å². The van der Waals surface area contributed by atoms with Crippen molar-refractivity contribution in [2.24, 2.45) is 5.92 Å². The summed E-state index contributed by atoms with van der Waals surface area (Å²) in [7, 11) is 0. The lowest BCUT2D eigenvalue weighted by Crippen LogP contribution is -2.47. The van der Waals surface area contributed by atoms with Crippen molar-refractivity contribution in [3.05, 3.63) is 29.8 Å². The molecule has 3 heteroatoms. The fourth-order valence-corrected chi connectivity index (χ4v) is 2.95. The van der Waals surface area contributed by atoms with Gasteiger partial charge in [0.05, 0.1) is 18.8 Å². The van der Waals surface area contributed by atoms with Crippen LogP contribution in [0, 0.1) is 5.92 Å². The summed E-state index contributed by atoms with van der Waals surface area (Å²) in [5.74, 6) is 0.437. The van der Waals surface area contributed by atoms with Crippen molar-refractivity contribution >= 4 is 5.69 Å². The Morgan fingerprint density at radius 2 is 2.18 bits per heavy atom. The highest BCUT2D eigenvalue weighted by atomic mass is 16.5. The first-order valence-electron chi connectivity index (χ1n) is 6.45. The van der Waals surface area contributed by atoms with E-state index in [9.17, 15) is 5.11 Å². The molecule has 0 radical (unpaired) electrons. The zero-order valence-corrected chi connectivity index (χ0v) is 9.93. The second kappa shape index (κ2) is 4.67. The average molecular weight is 233 g/mol. The van der Waals surface area contributed by atoms with Crippen LogP contribution in [0.1, 0.15) is 18.4 Å². The van der Waals surface area contributed by atoms with Gasteiger partial charge in [-0.25, -0.2) is 0 Å². The molecular formula is C14H19NO2. The van der Waals surface area contributed by atoms with E-state index >= 15 is 0 Å². The van der Waals surface area contributed by atoms with Gasteiger partial charge in [0, 0.05) is 24.6 Å². The average Bonchev–Trinajstić information content (AvgIpc) is 2.39. The molecule has 1 saturated heterocycles. The number of aliphatic hydroxyl groups excluding tert-OH is 1. The predicted molar refractivity (Wildman–Crippen MR) is 67.1 cm³/mol. The maximum absolute atomic E-state index is 10.2. The van der Waals surface area contributed by atoms with Crippen LogP contribution >= 0.6 is 0 Å². The van der Waals surface area contributed by atoms with Crippen LogP contribution in [-0.4, -0.2) is 30.5 Å². The number of rotatable bonds is 1. The van der Waals surface area contributed by atoms with Crippen molar-refractivity contribution in [2.45, 2.75) is 31.4 Å². The summed E-state index contributed by atoms with van der Waals surface area (Å²) in [6.45, 7) is 1.65. The van der Waals surface area contributed by atoms with Crippen LogP contribution in [0.2, 0.25) is 0 Å². The van der Waals surface area contributed by atoms with Crippen molar-refractivity contribution in [3.8, 4) is 0 Å². The third-order valence-corrected chi connectivity index (χ3v) is 3.89.